The molecule has 7 heteroatoms. The number of nitrogens with one attached hydrogen (secondary N) is 2. The molecular formula is C22H30N4O3. The highest BCUT2D eigenvalue weighted by Crippen LogP contribution is 2.28. The Kier molecular flexibility index (Phi) is 6.56. The lowest BCUT2D eigenvalue weighted by molar-refractivity contribution is -0.142. The van der Waals surface area contributed by atoms with Crippen LogP contribution in [0.4, 0.5) is 16.2 Å². The van der Waals surface area contributed by atoms with E-state index in [1.165, 1.54) is 4.90 Å². The molecule has 1 heterocycles. The predicted molar refractivity (Wildman–Crippen MR) is 114 cm³/mol. The largest absolute Gasteiger partial charge is 0.372 e. The number of barbiturate groups is 1. The van der Waals surface area contributed by atoms with Gasteiger partial charge in [-0.1, -0.05) is 25.8 Å². The van der Waals surface area contributed by atoms with Crippen LogP contribution in [-0.2, 0) is 9.59 Å². The van der Waals surface area contributed by atoms with E-state index in [-0.39, 0.29) is 11.7 Å². The van der Waals surface area contributed by atoms with Crippen molar-refractivity contribution in [1.82, 2.24) is 10.2 Å². The van der Waals surface area contributed by atoms with E-state index in [1.54, 1.807) is 0 Å². The molecule has 7 nitrogen and oxygen atoms in total. The summed E-state index contributed by atoms with van der Waals surface area (Å²) in [6.07, 6.45) is 4.65. The van der Waals surface area contributed by atoms with Crippen LogP contribution in [-0.4, -0.2) is 41.9 Å². The lowest BCUT2D eigenvalue weighted by Gasteiger charge is -2.38. The number of hydrogen-bond acceptors (Lipinski definition) is 5. The summed E-state index contributed by atoms with van der Waals surface area (Å²) < 4.78 is 0. The molecule has 4 amide bonds. The number of hydrogen-bond donors (Lipinski definition) is 2. The van der Waals surface area contributed by atoms with E-state index in [1.807, 2.05) is 24.3 Å². The van der Waals surface area contributed by atoms with E-state index in [4.69, 9.17) is 0 Å². The molecular weight excluding hydrogens is 368 g/mol. The summed E-state index contributed by atoms with van der Waals surface area (Å²) in [6.45, 7) is 9.96. The van der Waals surface area contributed by atoms with Gasteiger partial charge in [0.1, 0.15) is 0 Å². The summed E-state index contributed by atoms with van der Waals surface area (Å²) in [6, 6.07) is 7.02. The molecule has 0 unspecified atom stereocenters. The second-order valence-electron chi connectivity index (χ2n) is 7.60. The fourth-order valence-electron chi connectivity index (χ4n) is 4.18. The highest BCUT2D eigenvalue weighted by atomic mass is 16.2. The second kappa shape index (κ2) is 9.11. The maximum absolute atomic E-state index is 13.0. The van der Waals surface area contributed by atoms with Crippen molar-refractivity contribution in [2.45, 2.75) is 52.0 Å². The lowest BCUT2D eigenvalue weighted by Crippen LogP contribution is -2.61. The highest BCUT2D eigenvalue weighted by Gasteiger charge is 2.45. The minimum Gasteiger partial charge on any atom is -0.372 e. The van der Waals surface area contributed by atoms with Crippen LogP contribution < -0.4 is 15.5 Å². The van der Waals surface area contributed by atoms with Gasteiger partial charge in [-0.15, -0.1) is 0 Å². The third-order valence-electron chi connectivity index (χ3n) is 5.78. The van der Waals surface area contributed by atoms with Gasteiger partial charge in [0.15, 0.2) is 5.92 Å². The van der Waals surface area contributed by atoms with Crippen molar-refractivity contribution >= 4 is 29.2 Å². The first kappa shape index (κ1) is 20.9. The van der Waals surface area contributed by atoms with Gasteiger partial charge in [0.2, 0.25) is 11.8 Å². The monoisotopic (exact) mass is 398 g/mol. The molecule has 1 atom stereocenters. The standard InChI is InChI=1S/C22H30N4O3/c1-4-25(5-2)17-13-11-16(12-14-17)23-15(3)19-20(27)24-22(29)26(21(19)28)18-9-7-6-8-10-18/h11-14,18-19,23H,3-10H2,1-2H3,(H,24,27,29)/t19-/m1/s1. The molecule has 0 aromatic heterocycles. The Morgan fingerprint density at radius 1 is 1.10 bits per heavy atom. The van der Waals surface area contributed by atoms with Crippen LogP contribution in [0.25, 0.3) is 0 Å². The van der Waals surface area contributed by atoms with Gasteiger partial charge in [-0.05, 0) is 51.0 Å². The SMILES string of the molecule is C=C(Nc1ccc(N(CC)CC)cc1)[C@@H]1C(=O)NC(=O)N(C2CCCCC2)C1=O. The first-order chi connectivity index (χ1) is 14.0. The fraction of sp³-hybridized carbons (Fsp3) is 0.500. The van der Waals surface area contributed by atoms with Crippen LogP contribution in [0.2, 0.25) is 0 Å². The molecule has 1 aromatic carbocycles. The summed E-state index contributed by atoms with van der Waals surface area (Å²) in [5, 5.41) is 5.41. The topological polar surface area (TPSA) is 81.8 Å². The Labute approximate surface area is 172 Å². The van der Waals surface area contributed by atoms with Gasteiger partial charge in [0.05, 0.1) is 0 Å². The predicted octanol–water partition coefficient (Wildman–Crippen LogP) is 3.49. The molecule has 1 aliphatic heterocycles. The highest BCUT2D eigenvalue weighted by molar-refractivity contribution is 6.18. The average molecular weight is 399 g/mol. The van der Waals surface area contributed by atoms with Crippen LogP contribution in [0.15, 0.2) is 36.5 Å². The van der Waals surface area contributed by atoms with Crippen molar-refractivity contribution in [3.8, 4) is 0 Å². The Balaban J connectivity index is 1.72. The van der Waals surface area contributed by atoms with Gasteiger partial charge in [-0.2, -0.15) is 0 Å². The van der Waals surface area contributed by atoms with Crippen molar-refractivity contribution in [2.75, 3.05) is 23.3 Å². The quantitative estimate of drug-likeness (QED) is 0.687. The molecule has 156 valence electrons. The van der Waals surface area contributed by atoms with Gasteiger partial charge in [0.25, 0.3) is 0 Å². The normalized spacial score (nSPS) is 20.4. The number of benzene rings is 1. The van der Waals surface area contributed by atoms with E-state index >= 15 is 0 Å². The maximum atomic E-state index is 13.0. The van der Waals surface area contributed by atoms with Crippen molar-refractivity contribution < 1.29 is 14.4 Å². The van der Waals surface area contributed by atoms with E-state index in [0.29, 0.717) is 0 Å². The summed E-state index contributed by atoms with van der Waals surface area (Å²) in [5.41, 5.74) is 2.12. The van der Waals surface area contributed by atoms with E-state index < -0.39 is 23.8 Å². The summed E-state index contributed by atoms with van der Waals surface area (Å²) in [7, 11) is 0. The van der Waals surface area contributed by atoms with Crippen LogP contribution >= 0.6 is 0 Å². The average Bonchev–Trinajstić information content (AvgIpc) is 2.70. The third kappa shape index (κ3) is 4.44. The fourth-order valence-corrected chi connectivity index (χ4v) is 4.18. The molecule has 0 spiro atoms. The molecule has 1 saturated carbocycles. The van der Waals surface area contributed by atoms with Crippen LogP contribution in [0, 0.1) is 5.92 Å². The first-order valence-corrected chi connectivity index (χ1v) is 10.4. The van der Waals surface area contributed by atoms with Gasteiger partial charge in [0, 0.05) is 36.2 Å². The molecule has 3 rings (SSSR count). The van der Waals surface area contributed by atoms with Gasteiger partial charge < -0.3 is 10.2 Å². The zero-order chi connectivity index (χ0) is 21.0. The Morgan fingerprint density at radius 3 is 2.31 bits per heavy atom. The number of urea groups is 1. The molecule has 0 radical (unpaired) electrons. The number of carbonyl (C=O) groups is 3. The minimum atomic E-state index is -1.11. The Bertz CT molecular complexity index is 780. The smallest absolute Gasteiger partial charge is 0.331 e. The van der Waals surface area contributed by atoms with Crippen molar-refractivity contribution in [2.24, 2.45) is 5.92 Å². The zero-order valence-electron chi connectivity index (χ0n) is 17.2. The Morgan fingerprint density at radius 2 is 1.72 bits per heavy atom. The molecule has 29 heavy (non-hydrogen) atoms. The third-order valence-corrected chi connectivity index (χ3v) is 5.78. The van der Waals surface area contributed by atoms with Gasteiger partial charge >= 0.3 is 6.03 Å². The molecule has 1 aromatic rings. The second-order valence-corrected chi connectivity index (χ2v) is 7.60. The van der Waals surface area contributed by atoms with E-state index in [9.17, 15) is 14.4 Å². The number of imide groups is 2. The molecule has 0 bridgehead atoms. The van der Waals surface area contributed by atoms with Crippen LogP contribution in [0.5, 0.6) is 0 Å². The van der Waals surface area contributed by atoms with Crippen molar-refractivity contribution in [3.05, 3.63) is 36.5 Å². The number of rotatable bonds is 7. The molecule has 1 aliphatic carbocycles. The van der Waals surface area contributed by atoms with Crippen LogP contribution in [0.1, 0.15) is 46.0 Å². The molecule has 2 N–H and O–H groups in total. The number of amides is 4. The van der Waals surface area contributed by atoms with Gasteiger partial charge in [-0.3, -0.25) is 19.8 Å². The Hall–Kier alpha value is -2.83. The first-order valence-electron chi connectivity index (χ1n) is 10.4. The minimum absolute atomic E-state index is 0.145. The number of carbonyl (C=O) groups excluding carboxylic acids is 3. The number of nitrogens with zero attached hydrogens (tertiary/aromatic N) is 2. The van der Waals surface area contributed by atoms with Crippen LogP contribution in [0.3, 0.4) is 0 Å². The van der Waals surface area contributed by atoms with E-state index in [2.05, 4.69) is 36.0 Å². The lowest BCUT2D eigenvalue weighted by atomic mass is 9.91. The van der Waals surface area contributed by atoms with Crippen molar-refractivity contribution in [3.63, 3.8) is 0 Å². The molecule has 2 fully saturated rings. The molecule has 1 saturated heterocycles. The van der Waals surface area contributed by atoms with Crippen molar-refractivity contribution in [1.29, 1.82) is 0 Å². The summed E-state index contributed by atoms with van der Waals surface area (Å²) >= 11 is 0. The number of anilines is 2. The summed E-state index contributed by atoms with van der Waals surface area (Å²) in [4.78, 5) is 41.2. The summed E-state index contributed by atoms with van der Waals surface area (Å²) in [5.74, 6) is -2.22. The molecule has 2 aliphatic rings. The van der Waals surface area contributed by atoms with Gasteiger partial charge in [-0.25, -0.2) is 4.79 Å². The maximum Gasteiger partial charge on any atom is 0.331 e. The van der Waals surface area contributed by atoms with E-state index in [0.717, 1.165) is 56.6 Å². The zero-order valence-corrected chi connectivity index (χ0v) is 17.2.